The average molecular weight is 156 g/mol. The predicted molar refractivity (Wildman–Crippen MR) is 47.4 cm³/mol. The van der Waals surface area contributed by atoms with Crippen molar-refractivity contribution in [3.05, 3.63) is 37.0 Å². The Hall–Kier alpha value is -0.820. The third-order valence-corrected chi connectivity index (χ3v) is 1.32. The molecule has 0 aliphatic heterocycles. The van der Waals surface area contributed by atoms with Crippen LogP contribution in [0.15, 0.2) is 41.5 Å². The van der Waals surface area contributed by atoms with Gasteiger partial charge < -0.3 is 0 Å². The number of nitrogens with zero attached hydrogens (tertiary/aromatic N) is 1. The molecule has 0 N–H and O–H groups in total. The molecular weight excluding hydrogens is 146 g/mol. The highest BCUT2D eigenvalue weighted by atomic mass is 35.5. The molecule has 0 heterocycles. The van der Waals surface area contributed by atoms with Gasteiger partial charge in [0.1, 0.15) is 0 Å². The highest BCUT2D eigenvalue weighted by Crippen LogP contribution is 2.00. The van der Waals surface area contributed by atoms with Gasteiger partial charge in [0.05, 0.1) is 5.71 Å². The van der Waals surface area contributed by atoms with Crippen LogP contribution in [0.3, 0.4) is 0 Å². The molecule has 0 amide bonds. The summed E-state index contributed by atoms with van der Waals surface area (Å²) in [6.07, 6.45) is 5.15. The molecule has 10 heavy (non-hydrogen) atoms. The monoisotopic (exact) mass is 155 g/mol. The van der Waals surface area contributed by atoms with E-state index in [2.05, 4.69) is 17.7 Å². The molecule has 0 aromatic rings. The highest BCUT2D eigenvalue weighted by molar-refractivity contribution is 6.22. The van der Waals surface area contributed by atoms with Crippen LogP contribution in [0.5, 0.6) is 0 Å². The third-order valence-electron chi connectivity index (χ3n) is 1.06. The minimum absolute atomic E-state index is 0.747. The van der Waals surface area contributed by atoms with Gasteiger partial charge in [0, 0.05) is 11.8 Å². The zero-order valence-corrected chi connectivity index (χ0v) is 6.73. The van der Waals surface area contributed by atoms with Crippen molar-refractivity contribution in [3.63, 3.8) is 0 Å². The number of hydrogen-bond acceptors (Lipinski definition) is 1. The lowest BCUT2D eigenvalue weighted by Crippen LogP contribution is -1.91. The minimum atomic E-state index is 0.747. The first-order valence-corrected chi connectivity index (χ1v) is 3.21. The largest absolute Gasteiger partial charge is 0.182 e. The summed E-state index contributed by atoms with van der Waals surface area (Å²) in [5.41, 5.74) is 1.64. The van der Waals surface area contributed by atoms with E-state index in [0.29, 0.717) is 0 Å². The van der Waals surface area contributed by atoms with Crippen LogP contribution in [0.2, 0.25) is 0 Å². The molecule has 0 unspecified atom stereocenters. The molecule has 0 rings (SSSR count). The summed E-state index contributed by atoms with van der Waals surface area (Å²) in [5.74, 6) is 0. The molecule has 0 aromatic heterocycles. The van der Waals surface area contributed by atoms with Crippen LogP contribution in [-0.4, -0.2) is 5.71 Å². The van der Waals surface area contributed by atoms with Crippen LogP contribution in [-0.2, 0) is 0 Å². The topological polar surface area (TPSA) is 12.4 Å². The van der Waals surface area contributed by atoms with Gasteiger partial charge in [-0.1, -0.05) is 31.4 Å². The van der Waals surface area contributed by atoms with Gasteiger partial charge in [-0.25, -0.2) is 0 Å². The lowest BCUT2D eigenvalue weighted by Gasteiger charge is -1.94. The van der Waals surface area contributed by atoms with Crippen molar-refractivity contribution >= 4 is 17.5 Å². The predicted octanol–water partition coefficient (Wildman–Crippen LogP) is 2.90. The molecule has 0 aliphatic rings. The van der Waals surface area contributed by atoms with Gasteiger partial charge in [0.2, 0.25) is 0 Å². The lowest BCUT2D eigenvalue weighted by atomic mass is 10.1. The molecule has 0 atom stereocenters. The fourth-order valence-electron chi connectivity index (χ4n) is 0.512. The highest BCUT2D eigenvalue weighted by Gasteiger charge is 1.92. The molecule has 0 saturated heterocycles. The minimum Gasteiger partial charge on any atom is -0.182 e. The Labute approximate surface area is 66.5 Å². The molecule has 2 heteroatoms. The van der Waals surface area contributed by atoms with Crippen molar-refractivity contribution in [2.75, 3.05) is 0 Å². The molecule has 0 bridgehead atoms. The molecular formula is C8H10ClN. The molecule has 0 fully saturated rings. The number of rotatable bonds is 3. The standard InChI is InChI=1S/C8H10ClN/c1-4-6-8(5-2)7(3)10-9/h4-6H,1-2H2,3H3/b8-6+,10-7+. The maximum absolute atomic E-state index is 5.23. The van der Waals surface area contributed by atoms with Crippen molar-refractivity contribution in [1.82, 2.24) is 0 Å². The van der Waals surface area contributed by atoms with Gasteiger partial charge in [0.15, 0.2) is 0 Å². The van der Waals surface area contributed by atoms with Crippen LogP contribution in [0, 0.1) is 0 Å². The van der Waals surface area contributed by atoms with Crippen LogP contribution in [0.25, 0.3) is 0 Å². The van der Waals surface area contributed by atoms with Gasteiger partial charge in [-0.15, -0.1) is 0 Å². The van der Waals surface area contributed by atoms with Gasteiger partial charge >= 0.3 is 0 Å². The summed E-state index contributed by atoms with van der Waals surface area (Å²) in [4.78, 5) is 0. The first kappa shape index (κ1) is 9.18. The zero-order chi connectivity index (χ0) is 7.98. The zero-order valence-electron chi connectivity index (χ0n) is 5.97. The van der Waals surface area contributed by atoms with E-state index in [-0.39, 0.29) is 0 Å². The molecule has 0 spiro atoms. The Morgan fingerprint density at radius 1 is 1.50 bits per heavy atom. The number of halogens is 1. The first-order chi connectivity index (χ1) is 4.76. The van der Waals surface area contributed by atoms with E-state index in [4.69, 9.17) is 11.8 Å². The Bertz CT molecular complexity index is 189. The first-order valence-electron chi connectivity index (χ1n) is 2.87. The van der Waals surface area contributed by atoms with Gasteiger partial charge in [-0.2, -0.15) is 4.51 Å². The van der Waals surface area contributed by atoms with Crippen molar-refractivity contribution < 1.29 is 0 Å². The Morgan fingerprint density at radius 3 is 2.40 bits per heavy atom. The van der Waals surface area contributed by atoms with Crippen LogP contribution < -0.4 is 0 Å². The van der Waals surface area contributed by atoms with E-state index in [1.54, 1.807) is 18.2 Å². The van der Waals surface area contributed by atoms with Crippen LogP contribution >= 0.6 is 11.8 Å². The van der Waals surface area contributed by atoms with Gasteiger partial charge in [0.25, 0.3) is 0 Å². The normalized spacial score (nSPS) is 13.0. The second kappa shape index (κ2) is 5.00. The van der Waals surface area contributed by atoms with E-state index in [1.807, 2.05) is 6.92 Å². The van der Waals surface area contributed by atoms with E-state index in [9.17, 15) is 0 Å². The summed E-state index contributed by atoms with van der Waals surface area (Å²) in [6, 6.07) is 0. The third kappa shape index (κ3) is 2.65. The second-order valence-corrected chi connectivity index (χ2v) is 1.90. The molecule has 1 nitrogen and oxygen atoms in total. The van der Waals surface area contributed by atoms with E-state index in [0.717, 1.165) is 11.3 Å². The van der Waals surface area contributed by atoms with Crippen molar-refractivity contribution in [1.29, 1.82) is 0 Å². The van der Waals surface area contributed by atoms with E-state index < -0.39 is 0 Å². The quantitative estimate of drug-likeness (QED) is 0.439. The molecule has 54 valence electrons. The molecule has 0 saturated carbocycles. The Kier molecular flexibility index (Phi) is 4.59. The summed E-state index contributed by atoms with van der Waals surface area (Å²) in [6.45, 7) is 8.95. The maximum Gasteiger partial charge on any atom is 0.0591 e. The number of hydrogen-bond donors (Lipinski definition) is 0. The second-order valence-electron chi connectivity index (χ2n) is 1.73. The van der Waals surface area contributed by atoms with E-state index in [1.165, 1.54) is 0 Å². The smallest absolute Gasteiger partial charge is 0.0591 e. The average Bonchev–Trinajstić information content (AvgIpc) is 1.99. The Balaban J connectivity index is 4.51. The van der Waals surface area contributed by atoms with Gasteiger partial charge in [-0.05, 0) is 12.5 Å². The van der Waals surface area contributed by atoms with Gasteiger partial charge in [-0.3, -0.25) is 0 Å². The van der Waals surface area contributed by atoms with Crippen molar-refractivity contribution in [3.8, 4) is 0 Å². The summed E-state index contributed by atoms with van der Waals surface area (Å²) in [7, 11) is 0. The van der Waals surface area contributed by atoms with Crippen molar-refractivity contribution in [2.24, 2.45) is 4.51 Å². The lowest BCUT2D eigenvalue weighted by molar-refractivity contribution is 1.66. The molecule has 0 aromatic carbocycles. The van der Waals surface area contributed by atoms with Crippen LogP contribution in [0.1, 0.15) is 6.92 Å². The summed E-state index contributed by atoms with van der Waals surface area (Å²) >= 11 is 5.23. The van der Waals surface area contributed by atoms with E-state index >= 15 is 0 Å². The fraction of sp³-hybridized carbons (Fsp3) is 0.125. The van der Waals surface area contributed by atoms with Crippen LogP contribution in [0.4, 0.5) is 0 Å². The fourth-order valence-corrected chi connectivity index (χ4v) is 0.610. The molecule has 0 aliphatic carbocycles. The Morgan fingerprint density at radius 2 is 2.10 bits per heavy atom. The maximum atomic E-state index is 5.23. The summed E-state index contributed by atoms with van der Waals surface area (Å²) in [5, 5.41) is 0. The SMILES string of the molecule is C=C/C=C(C=C)/C(C)=N/Cl. The number of allylic oxidation sites excluding steroid dienone is 4. The summed E-state index contributed by atoms with van der Waals surface area (Å²) < 4.78 is 3.48. The molecule has 0 radical (unpaired) electrons. The van der Waals surface area contributed by atoms with Crippen molar-refractivity contribution in [2.45, 2.75) is 6.92 Å².